The van der Waals surface area contributed by atoms with Crippen molar-refractivity contribution < 1.29 is 0 Å². The fraction of sp³-hybridized carbons (Fsp3) is 0.400. The molecular weight excluding hydrogens is 222 g/mol. The highest BCUT2D eigenvalue weighted by Gasteiger charge is 2.45. The zero-order valence-corrected chi connectivity index (χ0v) is 10.9. The van der Waals surface area contributed by atoms with Gasteiger partial charge in [-0.25, -0.2) is 4.98 Å². The first-order valence-electron chi connectivity index (χ1n) is 6.50. The van der Waals surface area contributed by atoms with Crippen LogP contribution in [0.2, 0.25) is 0 Å². The van der Waals surface area contributed by atoms with Gasteiger partial charge in [0.15, 0.2) is 0 Å². The lowest BCUT2D eigenvalue weighted by atomic mass is 10.0. The van der Waals surface area contributed by atoms with Crippen molar-refractivity contribution >= 4 is 0 Å². The minimum Gasteiger partial charge on any atom is -0.337 e. The molecule has 18 heavy (non-hydrogen) atoms. The molecule has 1 aromatic heterocycles. The Morgan fingerprint density at radius 1 is 1.33 bits per heavy atom. The van der Waals surface area contributed by atoms with Crippen LogP contribution in [0.1, 0.15) is 29.8 Å². The van der Waals surface area contributed by atoms with Gasteiger partial charge in [-0.3, -0.25) is 0 Å². The average molecular weight is 241 g/mol. The first kappa shape index (κ1) is 11.5. The smallest absolute Gasteiger partial charge is 0.125 e. The van der Waals surface area contributed by atoms with Gasteiger partial charge in [0, 0.05) is 19.4 Å². The second-order valence-electron chi connectivity index (χ2n) is 5.08. The van der Waals surface area contributed by atoms with Crippen LogP contribution in [0.5, 0.6) is 0 Å². The van der Waals surface area contributed by atoms with Crippen molar-refractivity contribution in [3.05, 3.63) is 54.1 Å². The molecule has 1 aromatic carbocycles. The van der Waals surface area contributed by atoms with Gasteiger partial charge in [-0.15, -0.1) is 0 Å². The molecule has 3 unspecified atom stereocenters. The number of aryl methyl sites for hydroxylation is 1. The van der Waals surface area contributed by atoms with Gasteiger partial charge >= 0.3 is 0 Å². The normalized spacial score (nSPS) is 23.9. The second kappa shape index (κ2) is 4.58. The van der Waals surface area contributed by atoms with Gasteiger partial charge in [-0.1, -0.05) is 30.3 Å². The first-order chi connectivity index (χ1) is 8.81. The summed E-state index contributed by atoms with van der Waals surface area (Å²) in [6, 6.07) is 11.1. The fourth-order valence-electron chi connectivity index (χ4n) is 2.88. The molecule has 1 saturated carbocycles. The van der Waals surface area contributed by atoms with Crippen molar-refractivity contribution in [2.75, 3.05) is 7.05 Å². The van der Waals surface area contributed by atoms with Crippen LogP contribution < -0.4 is 5.32 Å². The Balaban J connectivity index is 1.79. The van der Waals surface area contributed by atoms with E-state index in [0.717, 1.165) is 5.82 Å². The number of hydrogen-bond donors (Lipinski definition) is 1. The Hall–Kier alpha value is -1.61. The highest BCUT2D eigenvalue weighted by molar-refractivity contribution is 5.27. The molecule has 1 aliphatic carbocycles. The lowest BCUT2D eigenvalue weighted by molar-refractivity contribution is 0.477. The highest BCUT2D eigenvalue weighted by Crippen LogP contribution is 2.53. The molecule has 1 aliphatic rings. The molecule has 0 radical (unpaired) electrons. The zero-order valence-electron chi connectivity index (χ0n) is 10.9. The summed E-state index contributed by atoms with van der Waals surface area (Å²) in [7, 11) is 4.09. The van der Waals surface area contributed by atoms with Crippen molar-refractivity contribution in [1.29, 1.82) is 0 Å². The van der Waals surface area contributed by atoms with Gasteiger partial charge in [0.2, 0.25) is 0 Å². The third kappa shape index (κ3) is 1.95. The van der Waals surface area contributed by atoms with Crippen molar-refractivity contribution in [3.63, 3.8) is 0 Å². The van der Waals surface area contributed by atoms with Crippen LogP contribution in [-0.2, 0) is 7.05 Å². The Bertz CT molecular complexity index is 518. The van der Waals surface area contributed by atoms with Crippen LogP contribution in [0.15, 0.2) is 42.7 Å². The monoisotopic (exact) mass is 241 g/mol. The lowest BCUT2D eigenvalue weighted by Crippen LogP contribution is -2.22. The van der Waals surface area contributed by atoms with Gasteiger partial charge in [-0.2, -0.15) is 0 Å². The maximum absolute atomic E-state index is 4.48. The fourth-order valence-corrected chi connectivity index (χ4v) is 2.88. The molecule has 1 fully saturated rings. The molecule has 94 valence electrons. The summed E-state index contributed by atoms with van der Waals surface area (Å²) in [4.78, 5) is 4.48. The molecule has 0 aliphatic heterocycles. The first-order valence-corrected chi connectivity index (χ1v) is 6.50. The van der Waals surface area contributed by atoms with E-state index < -0.39 is 0 Å². The highest BCUT2D eigenvalue weighted by atomic mass is 15.1. The Labute approximate surface area is 108 Å². The van der Waals surface area contributed by atoms with Crippen molar-refractivity contribution in [2.24, 2.45) is 13.0 Å². The maximum Gasteiger partial charge on any atom is 0.125 e. The quantitative estimate of drug-likeness (QED) is 0.891. The van der Waals surface area contributed by atoms with Crippen LogP contribution in [0.25, 0.3) is 0 Å². The van der Waals surface area contributed by atoms with E-state index in [9.17, 15) is 0 Å². The Kier molecular flexibility index (Phi) is 2.92. The van der Waals surface area contributed by atoms with E-state index in [1.54, 1.807) is 0 Å². The van der Waals surface area contributed by atoms with Crippen molar-refractivity contribution in [1.82, 2.24) is 14.9 Å². The van der Waals surface area contributed by atoms with Crippen molar-refractivity contribution in [2.45, 2.75) is 18.4 Å². The minimum absolute atomic E-state index is 0.357. The van der Waals surface area contributed by atoms with Gasteiger partial charge < -0.3 is 9.88 Å². The molecule has 0 saturated heterocycles. The predicted molar refractivity (Wildman–Crippen MR) is 72.3 cm³/mol. The molecule has 0 amide bonds. The van der Waals surface area contributed by atoms with E-state index in [0.29, 0.717) is 17.9 Å². The van der Waals surface area contributed by atoms with E-state index in [2.05, 4.69) is 52.2 Å². The summed E-state index contributed by atoms with van der Waals surface area (Å²) >= 11 is 0. The number of hydrogen-bond acceptors (Lipinski definition) is 2. The van der Waals surface area contributed by atoms with Gasteiger partial charge in [0.05, 0.1) is 6.04 Å². The van der Waals surface area contributed by atoms with Gasteiger partial charge in [0.1, 0.15) is 5.82 Å². The third-order valence-corrected chi connectivity index (χ3v) is 3.94. The molecule has 2 aromatic rings. The second-order valence-corrected chi connectivity index (χ2v) is 5.08. The van der Waals surface area contributed by atoms with E-state index in [4.69, 9.17) is 0 Å². The summed E-state index contributed by atoms with van der Waals surface area (Å²) in [5, 5.41) is 3.42. The number of benzene rings is 1. The Morgan fingerprint density at radius 3 is 2.72 bits per heavy atom. The van der Waals surface area contributed by atoms with Crippen molar-refractivity contribution in [3.8, 4) is 0 Å². The molecule has 0 spiro atoms. The number of aromatic nitrogens is 2. The number of nitrogens with zero attached hydrogens (tertiary/aromatic N) is 2. The van der Waals surface area contributed by atoms with Gasteiger partial charge in [-0.05, 0) is 30.9 Å². The SMILES string of the molecule is CNC(c1nccn1C)C1CC1c1ccccc1. The van der Waals surface area contributed by atoms with Gasteiger partial charge in [0.25, 0.3) is 0 Å². The number of rotatable bonds is 4. The number of imidazole rings is 1. The van der Waals surface area contributed by atoms with E-state index >= 15 is 0 Å². The molecule has 3 nitrogen and oxygen atoms in total. The zero-order chi connectivity index (χ0) is 12.5. The van der Waals surface area contributed by atoms with Crippen LogP contribution >= 0.6 is 0 Å². The lowest BCUT2D eigenvalue weighted by Gasteiger charge is -2.16. The van der Waals surface area contributed by atoms with Crippen LogP contribution in [0.4, 0.5) is 0 Å². The summed E-state index contributed by atoms with van der Waals surface area (Å²) in [6.45, 7) is 0. The Morgan fingerprint density at radius 2 is 2.11 bits per heavy atom. The minimum atomic E-state index is 0.357. The van der Waals surface area contributed by atoms with Crippen LogP contribution in [0, 0.1) is 5.92 Å². The summed E-state index contributed by atoms with van der Waals surface area (Å²) in [6.07, 6.45) is 5.14. The van der Waals surface area contributed by atoms with Crippen LogP contribution in [0.3, 0.4) is 0 Å². The maximum atomic E-state index is 4.48. The third-order valence-electron chi connectivity index (χ3n) is 3.94. The molecule has 0 bridgehead atoms. The van der Waals surface area contributed by atoms with E-state index in [-0.39, 0.29) is 0 Å². The van der Waals surface area contributed by atoms with E-state index in [1.807, 2.05) is 19.4 Å². The van der Waals surface area contributed by atoms with Crippen LogP contribution in [-0.4, -0.2) is 16.6 Å². The summed E-state index contributed by atoms with van der Waals surface area (Å²) in [5.74, 6) is 2.49. The topological polar surface area (TPSA) is 29.9 Å². The summed E-state index contributed by atoms with van der Waals surface area (Å²) < 4.78 is 2.11. The molecule has 3 atom stereocenters. The standard InChI is InChI=1S/C15H19N3/c1-16-14(15-17-8-9-18(15)2)13-10-12(13)11-6-4-3-5-7-11/h3-9,12-14,16H,10H2,1-2H3. The molecule has 3 rings (SSSR count). The molecule has 1 N–H and O–H groups in total. The van der Waals surface area contributed by atoms with E-state index in [1.165, 1.54) is 12.0 Å². The average Bonchev–Trinajstić information content (AvgIpc) is 3.08. The molecular formula is C15H19N3. The molecule has 1 heterocycles. The number of nitrogens with one attached hydrogen (secondary N) is 1. The largest absolute Gasteiger partial charge is 0.337 e. The molecule has 3 heteroatoms. The predicted octanol–water partition coefficient (Wildman–Crippen LogP) is 2.48. The summed E-state index contributed by atoms with van der Waals surface area (Å²) in [5.41, 5.74) is 1.46.